The van der Waals surface area contributed by atoms with Crippen LogP contribution >= 0.6 is 0 Å². The summed E-state index contributed by atoms with van der Waals surface area (Å²) in [7, 11) is 0. The van der Waals surface area contributed by atoms with Gasteiger partial charge in [-0.1, -0.05) is 55.8 Å². The Bertz CT molecular complexity index is 1200. The average Bonchev–Trinajstić information content (AvgIpc) is 3.12. The first-order valence-corrected chi connectivity index (χ1v) is 9.82. The monoisotopic (exact) mass is 403 g/mol. The quantitative estimate of drug-likeness (QED) is 0.659. The number of rotatable bonds is 6. The molecular weight excluding hydrogens is 382 g/mol. The molecule has 2 heterocycles. The van der Waals surface area contributed by atoms with Gasteiger partial charge in [-0.25, -0.2) is 9.78 Å². The van der Waals surface area contributed by atoms with Crippen molar-refractivity contribution in [2.24, 2.45) is 0 Å². The zero-order valence-electron chi connectivity index (χ0n) is 16.5. The standard InChI is InChI=1S/C23H21N3O4/c1-2-5-19-18(21(28)26-13-20(27)25-23(26)24-19)12-14-8-10-15(11-9-14)16-6-3-4-7-17(16)22(29)30/h3-4,6-11H,2,5,12-13H2,1H3,(H,29,30)(H,24,25,27). The van der Waals surface area contributed by atoms with Gasteiger partial charge in [0.15, 0.2) is 0 Å². The number of amides is 1. The molecule has 0 spiro atoms. The van der Waals surface area contributed by atoms with Gasteiger partial charge in [-0.3, -0.25) is 19.5 Å². The molecule has 4 rings (SSSR count). The van der Waals surface area contributed by atoms with Crippen molar-refractivity contribution in [3.63, 3.8) is 0 Å². The van der Waals surface area contributed by atoms with Crippen molar-refractivity contribution in [1.29, 1.82) is 0 Å². The number of anilines is 1. The van der Waals surface area contributed by atoms with Crippen molar-refractivity contribution >= 4 is 17.8 Å². The summed E-state index contributed by atoms with van der Waals surface area (Å²) in [5, 5.41) is 12.0. The van der Waals surface area contributed by atoms with E-state index in [0.29, 0.717) is 35.6 Å². The molecule has 1 aliphatic heterocycles. The molecule has 2 aromatic carbocycles. The van der Waals surface area contributed by atoms with Crippen molar-refractivity contribution in [3.05, 3.63) is 81.3 Å². The molecule has 152 valence electrons. The second kappa shape index (κ2) is 7.94. The van der Waals surface area contributed by atoms with Crippen LogP contribution in [0.15, 0.2) is 53.3 Å². The van der Waals surface area contributed by atoms with Gasteiger partial charge in [-0.2, -0.15) is 0 Å². The number of carboxylic acids is 1. The van der Waals surface area contributed by atoms with Crippen LogP contribution in [-0.4, -0.2) is 26.5 Å². The van der Waals surface area contributed by atoms with Gasteiger partial charge in [-0.15, -0.1) is 0 Å². The van der Waals surface area contributed by atoms with Gasteiger partial charge >= 0.3 is 5.97 Å². The second-order valence-electron chi connectivity index (χ2n) is 7.27. The smallest absolute Gasteiger partial charge is 0.336 e. The van der Waals surface area contributed by atoms with Crippen LogP contribution in [0.4, 0.5) is 5.95 Å². The number of fused-ring (bicyclic) bond motifs is 1. The maximum atomic E-state index is 13.0. The third-order valence-electron chi connectivity index (χ3n) is 5.19. The topological polar surface area (TPSA) is 101 Å². The van der Waals surface area contributed by atoms with Gasteiger partial charge in [0.25, 0.3) is 5.56 Å². The molecule has 1 amide bonds. The Morgan fingerprint density at radius 1 is 1.13 bits per heavy atom. The molecule has 0 bridgehead atoms. The number of hydrogen-bond acceptors (Lipinski definition) is 4. The summed E-state index contributed by atoms with van der Waals surface area (Å²) in [4.78, 5) is 40.7. The first-order chi connectivity index (χ1) is 14.5. The van der Waals surface area contributed by atoms with Crippen LogP contribution in [0.5, 0.6) is 0 Å². The highest BCUT2D eigenvalue weighted by molar-refractivity contribution is 5.96. The lowest BCUT2D eigenvalue weighted by Crippen LogP contribution is -2.26. The number of carboxylic acid groups (broad SMARTS) is 1. The predicted molar refractivity (Wildman–Crippen MR) is 113 cm³/mol. The largest absolute Gasteiger partial charge is 0.478 e. The van der Waals surface area contributed by atoms with Crippen molar-refractivity contribution in [2.45, 2.75) is 32.7 Å². The fourth-order valence-corrected chi connectivity index (χ4v) is 3.74. The van der Waals surface area contributed by atoms with E-state index in [1.807, 2.05) is 31.2 Å². The molecule has 1 aliphatic rings. The number of carbonyl (C=O) groups excluding carboxylic acids is 1. The second-order valence-corrected chi connectivity index (χ2v) is 7.27. The van der Waals surface area contributed by atoms with Crippen molar-refractivity contribution in [3.8, 4) is 11.1 Å². The maximum Gasteiger partial charge on any atom is 0.336 e. The van der Waals surface area contributed by atoms with Gasteiger partial charge in [0.05, 0.1) is 11.3 Å². The fraction of sp³-hybridized carbons (Fsp3) is 0.217. The van der Waals surface area contributed by atoms with Crippen LogP contribution in [0.1, 0.15) is 40.5 Å². The molecule has 0 aliphatic carbocycles. The highest BCUT2D eigenvalue weighted by Crippen LogP contribution is 2.25. The minimum Gasteiger partial charge on any atom is -0.478 e. The summed E-state index contributed by atoms with van der Waals surface area (Å²) in [5.41, 5.74) is 3.71. The van der Waals surface area contributed by atoms with E-state index in [-0.39, 0.29) is 23.6 Å². The van der Waals surface area contributed by atoms with E-state index in [1.165, 1.54) is 4.57 Å². The molecule has 2 N–H and O–H groups in total. The van der Waals surface area contributed by atoms with Crippen LogP contribution in [0.3, 0.4) is 0 Å². The molecule has 0 atom stereocenters. The molecule has 7 nitrogen and oxygen atoms in total. The predicted octanol–water partition coefficient (Wildman–Crippen LogP) is 3.10. The van der Waals surface area contributed by atoms with Crippen LogP contribution in [0, 0.1) is 0 Å². The zero-order chi connectivity index (χ0) is 21.3. The van der Waals surface area contributed by atoms with Gasteiger partial charge in [0, 0.05) is 12.0 Å². The molecule has 0 radical (unpaired) electrons. The molecule has 0 unspecified atom stereocenters. The Labute approximate surface area is 173 Å². The van der Waals surface area contributed by atoms with Crippen molar-refractivity contribution < 1.29 is 14.7 Å². The van der Waals surface area contributed by atoms with Crippen molar-refractivity contribution in [1.82, 2.24) is 9.55 Å². The lowest BCUT2D eigenvalue weighted by molar-refractivity contribution is -0.115. The summed E-state index contributed by atoms with van der Waals surface area (Å²) in [6, 6.07) is 14.4. The first-order valence-electron chi connectivity index (χ1n) is 9.82. The molecule has 0 saturated carbocycles. The van der Waals surface area contributed by atoms with E-state index in [4.69, 9.17) is 0 Å². The average molecular weight is 403 g/mol. The van der Waals surface area contributed by atoms with E-state index < -0.39 is 5.97 Å². The molecule has 0 saturated heterocycles. The van der Waals surface area contributed by atoms with Crippen LogP contribution in [-0.2, 0) is 24.2 Å². The Kier molecular flexibility index (Phi) is 5.18. The lowest BCUT2D eigenvalue weighted by Gasteiger charge is -2.12. The normalized spacial score (nSPS) is 12.5. The number of nitrogens with one attached hydrogen (secondary N) is 1. The van der Waals surface area contributed by atoms with Crippen LogP contribution in [0.25, 0.3) is 11.1 Å². The number of nitrogens with zero attached hydrogens (tertiary/aromatic N) is 2. The summed E-state index contributed by atoms with van der Waals surface area (Å²) in [5.74, 6) is -0.891. The van der Waals surface area contributed by atoms with Gasteiger partial charge in [-0.05, 0) is 29.2 Å². The number of benzene rings is 2. The van der Waals surface area contributed by atoms with Gasteiger partial charge in [0.1, 0.15) is 6.54 Å². The number of hydrogen-bond donors (Lipinski definition) is 2. The lowest BCUT2D eigenvalue weighted by atomic mass is 9.96. The van der Waals surface area contributed by atoms with E-state index in [1.54, 1.807) is 24.3 Å². The number of carbonyl (C=O) groups is 2. The van der Waals surface area contributed by atoms with Crippen LogP contribution < -0.4 is 10.9 Å². The fourth-order valence-electron chi connectivity index (χ4n) is 3.74. The first kappa shape index (κ1) is 19.6. The van der Waals surface area contributed by atoms with Crippen molar-refractivity contribution in [2.75, 3.05) is 5.32 Å². The summed E-state index contributed by atoms with van der Waals surface area (Å²) in [6.45, 7) is 2.01. The van der Waals surface area contributed by atoms with E-state index in [9.17, 15) is 19.5 Å². The summed E-state index contributed by atoms with van der Waals surface area (Å²) < 4.78 is 1.38. The maximum absolute atomic E-state index is 13.0. The van der Waals surface area contributed by atoms with E-state index in [2.05, 4.69) is 10.3 Å². The number of aromatic nitrogens is 2. The van der Waals surface area contributed by atoms with E-state index in [0.717, 1.165) is 17.5 Å². The van der Waals surface area contributed by atoms with Gasteiger partial charge < -0.3 is 5.11 Å². The minimum absolute atomic E-state index is 0.00845. The Morgan fingerprint density at radius 3 is 2.57 bits per heavy atom. The highest BCUT2D eigenvalue weighted by atomic mass is 16.4. The number of aromatic carboxylic acids is 1. The molecular formula is C23H21N3O4. The third kappa shape index (κ3) is 3.61. The molecule has 3 aromatic rings. The Hall–Kier alpha value is -3.74. The molecule has 7 heteroatoms. The molecule has 1 aromatic heterocycles. The SMILES string of the molecule is CCCc1nc2n(c(=O)c1Cc1ccc(-c3ccccc3C(=O)O)cc1)CC(=O)N2. The zero-order valence-corrected chi connectivity index (χ0v) is 16.5. The molecule has 0 fully saturated rings. The Morgan fingerprint density at radius 2 is 1.87 bits per heavy atom. The Balaban J connectivity index is 1.68. The van der Waals surface area contributed by atoms with E-state index >= 15 is 0 Å². The summed E-state index contributed by atoms with van der Waals surface area (Å²) in [6.07, 6.45) is 1.89. The summed E-state index contributed by atoms with van der Waals surface area (Å²) >= 11 is 0. The minimum atomic E-state index is -0.973. The highest BCUT2D eigenvalue weighted by Gasteiger charge is 2.24. The third-order valence-corrected chi connectivity index (χ3v) is 5.19. The number of aryl methyl sites for hydroxylation is 1. The van der Waals surface area contributed by atoms with Gasteiger partial charge in [0.2, 0.25) is 11.9 Å². The van der Waals surface area contributed by atoms with Crippen LogP contribution in [0.2, 0.25) is 0 Å². The molecule has 30 heavy (non-hydrogen) atoms.